The maximum Gasteiger partial charge on any atom is 0.322 e. The number of hydrogen-bond acceptors (Lipinski definition) is 2. The van der Waals surface area contributed by atoms with E-state index < -0.39 is 0 Å². The van der Waals surface area contributed by atoms with Gasteiger partial charge < -0.3 is 9.95 Å². The van der Waals surface area contributed by atoms with E-state index in [1.807, 2.05) is 19.9 Å². The maximum atomic E-state index is 11.8. The summed E-state index contributed by atoms with van der Waals surface area (Å²) in [5.74, 6) is 0.241. The molecule has 0 N–H and O–H groups in total. The van der Waals surface area contributed by atoms with Crippen LogP contribution in [-0.4, -0.2) is 11.0 Å². The van der Waals surface area contributed by atoms with Gasteiger partial charge in [0.2, 0.25) is 5.76 Å². The van der Waals surface area contributed by atoms with E-state index in [4.69, 9.17) is 9.95 Å². The molecule has 0 amide bonds. The summed E-state index contributed by atoms with van der Waals surface area (Å²) in [5.41, 5.74) is 10.7. The first-order chi connectivity index (χ1) is 7.61. The second kappa shape index (κ2) is 3.76. The summed E-state index contributed by atoms with van der Waals surface area (Å²) < 4.78 is 5.44. The molecular formula is C12H10N2O2. The van der Waals surface area contributed by atoms with Gasteiger partial charge in [0.1, 0.15) is 5.58 Å². The highest BCUT2D eigenvalue weighted by Crippen LogP contribution is 2.17. The van der Waals surface area contributed by atoms with Gasteiger partial charge in [0.05, 0.1) is 5.39 Å². The fourth-order valence-corrected chi connectivity index (χ4v) is 1.80. The summed E-state index contributed by atoms with van der Waals surface area (Å²) in [4.78, 5) is 14.6. The Morgan fingerprint density at radius 1 is 1.31 bits per heavy atom. The minimum Gasteiger partial charge on any atom is -0.449 e. The van der Waals surface area contributed by atoms with Crippen LogP contribution in [0, 0.1) is 13.8 Å². The average molecular weight is 214 g/mol. The van der Waals surface area contributed by atoms with Crippen LogP contribution < -0.4 is 5.43 Å². The molecule has 2 aromatic rings. The van der Waals surface area contributed by atoms with Crippen LogP contribution in [0.3, 0.4) is 0 Å². The molecule has 4 nitrogen and oxygen atoms in total. The summed E-state index contributed by atoms with van der Waals surface area (Å²) in [7, 11) is 0. The zero-order chi connectivity index (χ0) is 11.7. The standard InChI is InChI=1S/C12H10N2O2/c1-7-3-8(2)12-10(15)5-9(6-14-13)16-11(12)4-7/h3-6H,1-2H3. The average Bonchev–Trinajstić information content (AvgIpc) is 2.15. The fraction of sp³-hybridized carbons (Fsp3) is 0.167. The second-order valence-corrected chi connectivity index (χ2v) is 3.71. The molecular weight excluding hydrogens is 204 g/mol. The normalized spacial score (nSPS) is 10.1. The van der Waals surface area contributed by atoms with Crippen LogP contribution in [0.25, 0.3) is 16.5 Å². The number of nitrogens with zero attached hydrogens (tertiary/aromatic N) is 2. The van der Waals surface area contributed by atoms with Crippen molar-refractivity contribution in [2.75, 3.05) is 0 Å². The smallest absolute Gasteiger partial charge is 0.322 e. The predicted molar refractivity (Wildman–Crippen MR) is 60.7 cm³/mol. The van der Waals surface area contributed by atoms with Crippen LogP contribution in [0.4, 0.5) is 0 Å². The van der Waals surface area contributed by atoms with Crippen molar-refractivity contribution in [1.29, 1.82) is 0 Å². The van der Waals surface area contributed by atoms with Crippen molar-refractivity contribution in [3.8, 4) is 0 Å². The van der Waals surface area contributed by atoms with Gasteiger partial charge in [0.25, 0.3) is 0 Å². The number of fused-ring (bicyclic) bond motifs is 1. The minimum absolute atomic E-state index is 0.131. The molecule has 80 valence electrons. The highest BCUT2D eigenvalue weighted by molar-refractivity contribution is 5.83. The van der Waals surface area contributed by atoms with Gasteiger partial charge in [-0.2, -0.15) is 4.79 Å². The Hall–Kier alpha value is -2.19. The molecule has 0 bridgehead atoms. The molecule has 2 rings (SSSR count). The van der Waals surface area contributed by atoms with Gasteiger partial charge >= 0.3 is 6.21 Å². The first-order valence-corrected chi connectivity index (χ1v) is 4.84. The summed E-state index contributed by atoms with van der Waals surface area (Å²) in [5, 5.41) is 0.570. The third-order valence-electron chi connectivity index (χ3n) is 2.38. The van der Waals surface area contributed by atoms with Crippen LogP contribution >= 0.6 is 0 Å². The van der Waals surface area contributed by atoms with Gasteiger partial charge in [0.15, 0.2) is 5.43 Å². The molecule has 0 saturated carbocycles. The zero-order valence-electron chi connectivity index (χ0n) is 9.02. The molecule has 1 heterocycles. The monoisotopic (exact) mass is 214 g/mol. The van der Waals surface area contributed by atoms with Gasteiger partial charge in [-0.1, -0.05) is 6.07 Å². The molecule has 0 unspecified atom stereocenters. The zero-order valence-corrected chi connectivity index (χ0v) is 9.02. The number of aryl methyl sites for hydroxylation is 2. The largest absolute Gasteiger partial charge is 0.449 e. The van der Waals surface area contributed by atoms with Crippen LogP contribution in [0.15, 0.2) is 27.4 Å². The highest BCUT2D eigenvalue weighted by Gasteiger charge is 2.08. The first kappa shape index (κ1) is 10.3. The third kappa shape index (κ3) is 1.66. The van der Waals surface area contributed by atoms with Gasteiger partial charge in [-0.05, 0) is 31.0 Å². The third-order valence-corrected chi connectivity index (χ3v) is 2.38. The van der Waals surface area contributed by atoms with Gasteiger partial charge in [-0.3, -0.25) is 4.79 Å². The molecule has 0 saturated heterocycles. The molecule has 0 atom stereocenters. The van der Waals surface area contributed by atoms with Crippen molar-refractivity contribution in [3.05, 3.63) is 50.8 Å². The summed E-state index contributed by atoms with van der Waals surface area (Å²) in [6, 6.07) is 5.03. The number of rotatable bonds is 1. The molecule has 0 aliphatic rings. The van der Waals surface area contributed by atoms with E-state index in [9.17, 15) is 4.79 Å². The first-order valence-electron chi connectivity index (χ1n) is 4.84. The van der Waals surface area contributed by atoms with Crippen LogP contribution in [-0.2, 0) is 0 Å². The molecule has 0 radical (unpaired) electrons. The van der Waals surface area contributed by atoms with E-state index >= 15 is 0 Å². The van der Waals surface area contributed by atoms with Crippen molar-refractivity contribution >= 4 is 17.2 Å². The summed E-state index contributed by atoms with van der Waals surface area (Å²) >= 11 is 0. The molecule has 4 heteroatoms. The van der Waals surface area contributed by atoms with Crippen LogP contribution in [0.1, 0.15) is 16.9 Å². The molecule has 0 fully saturated rings. The van der Waals surface area contributed by atoms with E-state index in [1.165, 1.54) is 6.07 Å². The lowest BCUT2D eigenvalue weighted by atomic mass is 10.1. The van der Waals surface area contributed by atoms with Crippen molar-refractivity contribution in [3.63, 3.8) is 0 Å². The molecule has 16 heavy (non-hydrogen) atoms. The van der Waals surface area contributed by atoms with Crippen LogP contribution in [0.2, 0.25) is 0 Å². The van der Waals surface area contributed by atoms with E-state index in [1.54, 1.807) is 6.07 Å². The van der Waals surface area contributed by atoms with E-state index in [0.717, 1.165) is 17.3 Å². The van der Waals surface area contributed by atoms with E-state index in [-0.39, 0.29) is 11.2 Å². The number of benzene rings is 1. The fourth-order valence-electron chi connectivity index (χ4n) is 1.80. The number of hydrogen-bond donors (Lipinski definition) is 0. The quantitative estimate of drug-likeness (QED) is 0.414. The Morgan fingerprint density at radius 2 is 2.06 bits per heavy atom. The Kier molecular flexibility index (Phi) is 2.43. The van der Waals surface area contributed by atoms with Crippen molar-refractivity contribution in [2.45, 2.75) is 13.8 Å². The molecule has 0 spiro atoms. The van der Waals surface area contributed by atoms with Gasteiger partial charge in [0, 0.05) is 6.07 Å². The van der Waals surface area contributed by atoms with Crippen molar-refractivity contribution < 1.29 is 9.21 Å². The predicted octanol–water partition coefficient (Wildman–Crippen LogP) is 2.06. The van der Waals surface area contributed by atoms with E-state index in [0.29, 0.717) is 11.0 Å². The SMILES string of the molecule is Cc1cc(C)c2c(=O)cc(C=[N+]=[N-])oc2c1. The van der Waals surface area contributed by atoms with Crippen molar-refractivity contribution in [1.82, 2.24) is 0 Å². The topological polar surface area (TPSA) is 66.6 Å². The molecule has 1 aromatic carbocycles. The minimum atomic E-state index is -0.131. The van der Waals surface area contributed by atoms with Gasteiger partial charge in [-0.15, -0.1) is 0 Å². The lowest BCUT2D eigenvalue weighted by Gasteiger charge is -2.02. The molecule has 1 aromatic heterocycles. The maximum absolute atomic E-state index is 11.8. The van der Waals surface area contributed by atoms with Crippen LogP contribution in [0.5, 0.6) is 0 Å². The van der Waals surface area contributed by atoms with Gasteiger partial charge in [-0.25, -0.2) is 0 Å². The lowest BCUT2D eigenvalue weighted by Crippen LogP contribution is -2.04. The Bertz CT molecular complexity index is 665. The Labute approximate surface area is 91.8 Å². The summed E-state index contributed by atoms with van der Waals surface area (Å²) in [6.45, 7) is 3.80. The van der Waals surface area contributed by atoms with E-state index in [2.05, 4.69) is 4.79 Å². The summed E-state index contributed by atoms with van der Waals surface area (Å²) in [6.07, 6.45) is 1.10. The Balaban J connectivity index is 2.92. The highest BCUT2D eigenvalue weighted by atomic mass is 16.3. The van der Waals surface area contributed by atoms with Crippen molar-refractivity contribution in [2.24, 2.45) is 0 Å². The second-order valence-electron chi connectivity index (χ2n) is 3.71. The molecule has 0 aliphatic carbocycles. The lowest BCUT2D eigenvalue weighted by molar-refractivity contribution is 0.00309. The Morgan fingerprint density at radius 3 is 2.75 bits per heavy atom. The molecule has 0 aliphatic heterocycles.